The highest BCUT2D eigenvalue weighted by atomic mass is 16.1. The lowest BCUT2D eigenvalue weighted by Crippen LogP contribution is -2.25. The SMILES string of the molecule is CCCCCNC(=O)c1cc(Nc2cccc(C#N)c2)ccn1. The molecule has 1 aromatic carbocycles. The van der Waals surface area contributed by atoms with Crippen LogP contribution in [0.3, 0.4) is 0 Å². The molecule has 1 amide bonds. The number of rotatable bonds is 7. The summed E-state index contributed by atoms with van der Waals surface area (Å²) in [4.78, 5) is 16.2. The lowest BCUT2D eigenvalue weighted by Gasteiger charge is -2.08. The fraction of sp³-hybridized carbons (Fsp3) is 0.278. The number of hydrogen-bond donors (Lipinski definition) is 2. The highest BCUT2D eigenvalue weighted by Crippen LogP contribution is 2.17. The van der Waals surface area contributed by atoms with Crippen molar-refractivity contribution in [3.63, 3.8) is 0 Å². The Balaban J connectivity index is 2.01. The van der Waals surface area contributed by atoms with E-state index in [2.05, 4.69) is 28.6 Å². The number of unbranched alkanes of at least 4 members (excludes halogenated alkanes) is 2. The molecule has 0 saturated carbocycles. The Morgan fingerprint density at radius 3 is 2.83 bits per heavy atom. The van der Waals surface area contributed by atoms with Crippen LogP contribution in [0, 0.1) is 11.3 Å². The molecule has 118 valence electrons. The van der Waals surface area contributed by atoms with Crippen molar-refractivity contribution in [3.8, 4) is 6.07 Å². The minimum Gasteiger partial charge on any atom is -0.355 e. The maximum Gasteiger partial charge on any atom is 0.269 e. The van der Waals surface area contributed by atoms with Crippen LogP contribution in [0.2, 0.25) is 0 Å². The molecule has 0 bridgehead atoms. The number of hydrogen-bond acceptors (Lipinski definition) is 4. The molecular formula is C18H20N4O. The first kappa shape index (κ1) is 16.5. The Morgan fingerprint density at radius 1 is 1.22 bits per heavy atom. The van der Waals surface area contributed by atoms with Crippen LogP contribution in [0.5, 0.6) is 0 Å². The normalized spacial score (nSPS) is 9.91. The number of aromatic nitrogens is 1. The van der Waals surface area contributed by atoms with Crippen molar-refractivity contribution in [2.45, 2.75) is 26.2 Å². The zero-order valence-corrected chi connectivity index (χ0v) is 13.2. The summed E-state index contributed by atoms with van der Waals surface area (Å²) in [5.41, 5.74) is 2.51. The molecule has 0 fully saturated rings. The summed E-state index contributed by atoms with van der Waals surface area (Å²) in [7, 11) is 0. The number of carbonyl (C=O) groups excluding carboxylic acids is 1. The molecule has 2 rings (SSSR count). The zero-order valence-electron chi connectivity index (χ0n) is 13.2. The van der Waals surface area contributed by atoms with Crippen LogP contribution < -0.4 is 10.6 Å². The summed E-state index contributed by atoms with van der Waals surface area (Å²) >= 11 is 0. The standard InChI is InChI=1S/C18H20N4O/c1-2-3-4-9-21-18(23)17-12-16(8-10-20-17)22-15-7-5-6-14(11-15)13-19/h5-8,10-12H,2-4,9H2,1H3,(H,20,22)(H,21,23). The summed E-state index contributed by atoms with van der Waals surface area (Å²) in [6.45, 7) is 2.79. The Hall–Kier alpha value is -2.87. The zero-order chi connectivity index (χ0) is 16.5. The maximum absolute atomic E-state index is 12.1. The van der Waals surface area contributed by atoms with Crippen LogP contribution in [-0.2, 0) is 0 Å². The molecule has 2 aromatic rings. The Labute approximate surface area is 136 Å². The van der Waals surface area contributed by atoms with Gasteiger partial charge in [-0.15, -0.1) is 0 Å². The number of benzene rings is 1. The molecule has 0 atom stereocenters. The van der Waals surface area contributed by atoms with Crippen LogP contribution in [-0.4, -0.2) is 17.4 Å². The third-order valence-corrected chi connectivity index (χ3v) is 3.34. The first-order valence-corrected chi connectivity index (χ1v) is 7.74. The van der Waals surface area contributed by atoms with Crippen molar-refractivity contribution < 1.29 is 4.79 Å². The van der Waals surface area contributed by atoms with Crippen LogP contribution in [0.15, 0.2) is 42.6 Å². The molecule has 5 heteroatoms. The van der Waals surface area contributed by atoms with Crippen molar-refractivity contribution in [3.05, 3.63) is 53.9 Å². The van der Waals surface area contributed by atoms with E-state index in [0.29, 0.717) is 17.8 Å². The van der Waals surface area contributed by atoms with Gasteiger partial charge in [-0.1, -0.05) is 25.8 Å². The first-order valence-electron chi connectivity index (χ1n) is 7.74. The van der Waals surface area contributed by atoms with Gasteiger partial charge in [-0.3, -0.25) is 9.78 Å². The third-order valence-electron chi connectivity index (χ3n) is 3.34. The predicted octanol–water partition coefficient (Wildman–Crippen LogP) is 3.62. The monoisotopic (exact) mass is 308 g/mol. The van der Waals surface area contributed by atoms with Crippen molar-refractivity contribution in [2.24, 2.45) is 0 Å². The first-order chi connectivity index (χ1) is 11.2. The summed E-state index contributed by atoms with van der Waals surface area (Å²) in [5.74, 6) is -0.171. The Kier molecular flexibility index (Phi) is 6.13. The number of amides is 1. The highest BCUT2D eigenvalue weighted by molar-refractivity contribution is 5.93. The molecule has 1 heterocycles. The van der Waals surface area contributed by atoms with Gasteiger partial charge in [-0.25, -0.2) is 0 Å². The fourth-order valence-corrected chi connectivity index (χ4v) is 2.13. The number of nitrogens with zero attached hydrogens (tertiary/aromatic N) is 2. The fourth-order valence-electron chi connectivity index (χ4n) is 2.13. The van der Waals surface area contributed by atoms with Crippen molar-refractivity contribution in [2.75, 3.05) is 11.9 Å². The second-order valence-electron chi connectivity index (χ2n) is 5.21. The molecule has 0 aliphatic carbocycles. The number of nitriles is 1. The molecule has 0 saturated heterocycles. The average Bonchev–Trinajstić information content (AvgIpc) is 2.59. The van der Waals surface area contributed by atoms with E-state index in [9.17, 15) is 4.79 Å². The minimum atomic E-state index is -0.171. The highest BCUT2D eigenvalue weighted by Gasteiger charge is 2.07. The summed E-state index contributed by atoms with van der Waals surface area (Å²) in [5, 5.41) is 15.0. The molecule has 0 radical (unpaired) electrons. The van der Waals surface area contributed by atoms with E-state index in [0.717, 1.165) is 30.6 Å². The number of carbonyl (C=O) groups is 1. The summed E-state index contributed by atoms with van der Waals surface area (Å²) in [6.07, 6.45) is 4.79. The van der Waals surface area contributed by atoms with Gasteiger partial charge in [0.25, 0.3) is 5.91 Å². The van der Waals surface area contributed by atoms with Gasteiger partial charge >= 0.3 is 0 Å². The molecule has 2 N–H and O–H groups in total. The van der Waals surface area contributed by atoms with E-state index in [4.69, 9.17) is 5.26 Å². The van der Waals surface area contributed by atoms with Gasteiger partial charge in [0.1, 0.15) is 5.69 Å². The van der Waals surface area contributed by atoms with E-state index >= 15 is 0 Å². The van der Waals surface area contributed by atoms with E-state index in [1.54, 1.807) is 30.5 Å². The van der Waals surface area contributed by atoms with Crippen LogP contribution in [0.4, 0.5) is 11.4 Å². The maximum atomic E-state index is 12.1. The van der Waals surface area contributed by atoms with Crippen LogP contribution in [0.1, 0.15) is 42.2 Å². The molecule has 23 heavy (non-hydrogen) atoms. The van der Waals surface area contributed by atoms with Gasteiger partial charge in [-0.05, 0) is 36.8 Å². The molecular weight excluding hydrogens is 288 g/mol. The molecule has 1 aromatic heterocycles. The molecule has 0 aliphatic rings. The van der Waals surface area contributed by atoms with Gasteiger partial charge in [0, 0.05) is 24.1 Å². The smallest absolute Gasteiger partial charge is 0.269 e. The van der Waals surface area contributed by atoms with E-state index in [1.165, 1.54) is 0 Å². The molecule has 0 aliphatic heterocycles. The predicted molar refractivity (Wildman–Crippen MR) is 90.5 cm³/mol. The van der Waals surface area contributed by atoms with Crippen LogP contribution in [0.25, 0.3) is 0 Å². The second-order valence-corrected chi connectivity index (χ2v) is 5.21. The third kappa shape index (κ3) is 5.11. The lowest BCUT2D eigenvalue weighted by molar-refractivity contribution is 0.0948. The number of anilines is 2. The average molecular weight is 308 g/mol. The van der Waals surface area contributed by atoms with E-state index in [1.807, 2.05) is 12.1 Å². The Morgan fingerprint density at radius 2 is 2.04 bits per heavy atom. The van der Waals surface area contributed by atoms with Gasteiger partial charge in [0.05, 0.1) is 11.6 Å². The summed E-state index contributed by atoms with van der Waals surface area (Å²) in [6, 6.07) is 12.8. The van der Waals surface area contributed by atoms with E-state index < -0.39 is 0 Å². The van der Waals surface area contributed by atoms with Gasteiger partial charge in [-0.2, -0.15) is 5.26 Å². The van der Waals surface area contributed by atoms with Gasteiger partial charge in [0.15, 0.2) is 0 Å². The molecule has 0 unspecified atom stereocenters. The topological polar surface area (TPSA) is 77.8 Å². The largest absolute Gasteiger partial charge is 0.355 e. The van der Waals surface area contributed by atoms with Gasteiger partial charge in [0.2, 0.25) is 0 Å². The minimum absolute atomic E-state index is 0.171. The number of pyridine rings is 1. The summed E-state index contributed by atoms with van der Waals surface area (Å²) < 4.78 is 0. The molecule has 5 nitrogen and oxygen atoms in total. The van der Waals surface area contributed by atoms with E-state index in [-0.39, 0.29) is 5.91 Å². The van der Waals surface area contributed by atoms with Crippen molar-refractivity contribution in [1.29, 1.82) is 5.26 Å². The van der Waals surface area contributed by atoms with Crippen molar-refractivity contribution >= 4 is 17.3 Å². The number of nitrogens with one attached hydrogen (secondary N) is 2. The Bertz CT molecular complexity index is 706. The molecule has 0 spiro atoms. The second kappa shape index (κ2) is 8.54. The van der Waals surface area contributed by atoms with Crippen LogP contribution >= 0.6 is 0 Å². The van der Waals surface area contributed by atoms with Gasteiger partial charge < -0.3 is 10.6 Å². The lowest BCUT2D eigenvalue weighted by atomic mass is 10.2. The quantitative estimate of drug-likeness (QED) is 0.766. The van der Waals surface area contributed by atoms with Crippen molar-refractivity contribution in [1.82, 2.24) is 10.3 Å².